The third-order valence-electron chi connectivity index (χ3n) is 1.94. The molecule has 1 rings (SSSR count). The fourth-order valence-electron chi connectivity index (χ4n) is 1.21. The van der Waals surface area contributed by atoms with E-state index in [9.17, 15) is 13.2 Å². The predicted molar refractivity (Wildman–Crippen MR) is 46.0 cm³/mol. The molecule has 2 nitrogen and oxygen atoms in total. The van der Waals surface area contributed by atoms with Crippen LogP contribution < -0.4 is 0 Å². The van der Waals surface area contributed by atoms with E-state index in [1.54, 1.807) is 6.92 Å². The lowest BCUT2D eigenvalue weighted by atomic mass is 10.1. The molecular formula is C10H8F3NO. The zero-order chi connectivity index (χ0) is 11.4. The predicted octanol–water partition coefficient (Wildman–Crippen LogP) is 3.05. The lowest BCUT2D eigenvalue weighted by Gasteiger charge is -2.12. The monoisotopic (exact) mass is 215 g/mol. The van der Waals surface area contributed by atoms with Crippen molar-refractivity contribution in [3.05, 3.63) is 35.1 Å². The summed E-state index contributed by atoms with van der Waals surface area (Å²) in [5, 5.41) is 8.29. The first-order valence-electron chi connectivity index (χ1n) is 4.29. The average Bonchev–Trinajstić information content (AvgIpc) is 2.22. The molecule has 0 aliphatic carbocycles. The van der Waals surface area contributed by atoms with Crippen LogP contribution in [0.2, 0.25) is 0 Å². The Labute approximate surface area is 84.9 Å². The molecule has 0 amide bonds. The maximum atomic E-state index is 12.8. The lowest BCUT2D eigenvalue weighted by Crippen LogP contribution is -2.02. The first kappa shape index (κ1) is 11.4. The van der Waals surface area contributed by atoms with Gasteiger partial charge in [-0.25, -0.2) is 13.2 Å². The van der Waals surface area contributed by atoms with E-state index in [2.05, 4.69) is 4.74 Å². The molecule has 1 atom stereocenters. The van der Waals surface area contributed by atoms with Crippen molar-refractivity contribution < 1.29 is 17.9 Å². The van der Waals surface area contributed by atoms with Gasteiger partial charge in [0.05, 0.1) is 0 Å². The van der Waals surface area contributed by atoms with Gasteiger partial charge in [-0.3, -0.25) is 0 Å². The van der Waals surface area contributed by atoms with E-state index in [0.29, 0.717) is 6.42 Å². The summed E-state index contributed by atoms with van der Waals surface area (Å²) < 4.78 is 42.8. The van der Waals surface area contributed by atoms with Crippen LogP contribution in [-0.4, -0.2) is 0 Å². The van der Waals surface area contributed by atoms with Crippen LogP contribution in [0.25, 0.3) is 0 Å². The molecule has 1 aromatic rings. The number of hydrogen-bond acceptors (Lipinski definition) is 2. The Balaban J connectivity index is 3.10. The molecule has 15 heavy (non-hydrogen) atoms. The van der Waals surface area contributed by atoms with Gasteiger partial charge >= 0.3 is 0 Å². The Kier molecular flexibility index (Phi) is 3.56. The van der Waals surface area contributed by atoms with Crippen LogP contribution >= 0.6 is 0 Å². The zero-order valence-corrected chi connectivity index (χ0v) is 7.93. The Morgan fingerprint density at radius 3 is 2.27 bits per heavy atom. The molecule has 0 N–H and O–H groups in total. The van der Waals surface area contributed by atoms with E-state index in [4.69, 9.17) is 5.26 Å². The number of ether oxygens (including phenoxy) is 1. The molecule has 0 radical (unpaired) electrons. The van der Waals surface area contributed by atoms with E-state index >= 15 is 0 Å². The zero-order valence-electron chi connectivity index (χ0n) is 7.93. The van der Waals surface area contributed by atoms with Crippen molar-refractivity contribution in [3.8, 4) is 6.26 Å². The Hall–Kier alpha value is -1.70. The second kappa shape index (κ2) is 4.69. The second-order valence-electron chi connectivity index (χ2n) is 2.90. The fourth-order valence-corrected chi connectivity index (χ4v) is 1.21. The van der Waals surface area contributed by atoms with Crippen LogP contribution in [0.15, 0.2) is 12.1 Å². The summed E-state index contributed by atoms with van der Waals surface area (Å²) in [4.78, 5) is 0. The molecular weight excluding hydrogens is 207 g/mol. The smallest absolute Gasteiger partial charge is 0.286 e. The number of rotatable bonds is 3. The number of nitrogens with zero attached hydrogens (tertiary/aromatic N) is 1. The molecule has 0 saturated heterocycles. The van der Waals surface area contributed by atoms with E-state index in [1.165, 1.54) is 6.26 Å². The van der Waals surface area contributed by atoms with Crippen molar-refractivity contribution in [2.24, 2.45) is 0 Å². The fraction of sp³-hybridized carbons (Fsp3) is 0.300. The minimum Gasteiger partial charge on any atom is -0.419 e. The standard InChI is InChI=1S/C10H8F3NO/c1-2-9(15-5-14)6-3-7(11)10(13)8(12)4-6/h3-4,9H,2H2,1H3/t9-/m1/s1. The van der Waals surface area contributed by atoms with Crippen LogP contribution in [0.1, 0.15) is 25.0 Å². The Morgan fingerprint density at radius 2 is 1.87 bits per heavy atom. The van der Waals surface area contributed by atoms with Gasteiger partial charge in [-0.05, 0) is 24.1 Å². The van der Waals surface area contributed by atoms with Gasteiger partial charge in [0.2, 0.25) is 0 Å². The normalized spacial score (nSPS) is 11.9. The number of benzene rings is 1. The summed E-state index contributed by atoms with van der Waals surface area (Å²) in [6.45, 7) is 1.68. The largest absolute Gasteiger partial charge is 0.419 e. The number of nitriles is 1. The highest BCUT2D eigenvalue weighted by molar-refractivity contribution is 5.21. The average molecular weight is 215 g/mol. The van der Waals surface area contributed by atoms with Gasteiger partial charge in [-0.1, -0.05) is 6.92 Å². The van der Waals surface area contributed by atoms with Crippen molar-refractivity contribution in [1.82, 2.24) is 0 Å². The van der Waals surface area contributed by atoms with Crippen molar-refractivity contribution in [2.75, 3.05) is 0 Å². The van der Waals surface area contributed by atoms with Gasteiger partial charge in [0.25, 0.3) is 6.26 Å². The third-order valence-corrected chi connectivity index (χ3v) is 1.94. The van der Waals surface area contributed by atoms with E-state index < -0.39 is 23.6 Å². The quantitative estimate of drug-likeness (QED) is 0.573. The van der Waals surface area contributed by atoms with E-state index in [-0.39, 0.29) is 5.56 Å². The maximum Gasteiger partial charge on any atom is 0.286 e. The summed E-state index contributed by atoms with van der Waals surface area (Å²) in [6.07, 6.45) is 1.04. The molecule has 0 bridgehead atoms. The van der Waals surface area contributed by atoms with Crippen LogP contribution in [0.5, 0.6) is 0 Å². The minimum atomic E-state index is -1.52. The summed E-state index contributed by atoms with van der Waals surface area (Å²) in [6, 6.07) is 1.65. The maximum absolute atomic E-state index is 12.8. The minimum absolute atomic E-state index is 0.107. The molecule has 0 aliphatic rings. The molecule has 1 aromatic carbocycles. The van der Waals surface area contributed by atoms with Crippen molar-refractivity contribution in [1.29, 1.82) is 5.26 Å². The van der Waals surface area contributed by atoms with Crippen LogP contribution in [-0.2, 0) is 4.74 Å². The SMILES string of the molecule is CC[C@@H](OC#N)c1cc(F)c(F)c(F)c1. The summed E-state index contributed by atoms with van der Waals surface area (Å²) >= 11 is 0. The summed E-state index contributed by atoms with van der Waals surface area (Å²) in [5.41, 5.74) is 0.107. The molecule has 0 aliphatic heterocycles. The van der Waals surface area contributed by atoms with Crippen molar-refractivity contribution >= 4 is 0 Å². The van der Waals surface area contributed by atoms with Crippen molar-refractivity contribution in [2.45, 2.75) is 19.4 Å². The number of hydrogen-bond donors (Lipinski definition) is 0. The second-order valence-corrected chi connectivity index (χ2v) is 2.90. The first-order chi connectivity index (χ1) is 7.10. The van der Waals surface area contributed by atoms with Gasteiger partial charge in [-0.2, -0.15) is 5.26 Å². The highest BCUT2D eigenvalue weighted by Gasteiger charge is 2.17. The van der Waals surface area contributed by atoms with Gasteiger partial charge in [0.15, 0.2) is 17.5 Å². The van der Waals surface area contributed by atoms with Crippen molar-refractivity contribution in [3.63, 3.8) is 0 Å². The highest BCUT2D eigenvalue weighted by atomic mass is 19.2. The summed E-state index contributed by atoms with van der Waals surface area (Å²) in [7, 11) is 0. The third kappa shape index (κ3) is 2.40. The first-order valence-corrected chi connectivity index (χ1v) is 4.29. The lowest BCUT2D eigenvalue weighted by molar-refractivity contribution is 0.158. The van der Waals surface area contributed by atoms with E-state index in [0.717, 1.165) is 12.1 Å². The van der Waals surface area contributed by atoms with Crippen LogP contribution in [0.4, 0.5) is 13.2 Å². The topological polar surface area (TPSA) is 33.0 Å². The summed E-state index contributed by atoms with van der Waals surface area (Å²) in [5.74, 6) is -4.10. The van der Waals surface area contributed by atoms with Gasteiger partial charge < -0.3 is 4.74 Å². The van der Waals surface area contributed by atoms with E-state index in [1.807, 2.05) is 0 Å². The molecule has 0 aromatic heterocycles. The van der Waals surface area contributed by atoms with Gasteiger partial charge in [0, 0.05) is 0 Å². The molecule has 0 heterocycles. The van der Waals surface area contributed by atoms with Crippen LogP contribution in [0, 0.1) is 29.0 Å². The molecule has 5 heteroatoms. The molecule has 0 unspecified atom stereocenters. The Morgan fingerprint density at radius 1 is 1.33 bits per heavy atom. The number of halogens is 3. The molecule has 0 saturated carbocycles. The van der Waals surface area contributed by atoms with Gasteiger partial charge in [-0.15, -0.1) is 0 Å². The molecule has 80 valence electrons. The molecule has 0 fully saturated rings. The Bertz CT molecular complexity index is 377. The molecule has 0 spiro atoms. The van der Waals surface area contributed by atoms with Gasteiger partial charge in [0.1, 0.15) is 6.10 Å². The van der Waals surface area contributed by atoms with Crippen LogP contribution in [0.3, 0.4) is 0 Å². The highest BCUT2D eigenvalue weighted by Crippen LogP contribution is 2.24.